The summed E-state index contributed by atoms with van der Waals surface area (Å²) in [5.41, 5.74) is 0. The van der Waals surface area contributed by atoms with Crippen LogP contribution in [0.3, 0.4) is 0 Å². The second-order valence-corrected chi connectivity index (χ2v) is 7.63. The number of aromatic nitrogens is 2. The van der Waals surface area contributed by atoms with Crippen LogP contribution in [-0.4, -0.2) is 35.7 Å². The third-order valence-corrected chi connectivity index (χ3v) is 5.44. The number of halogens is 1. The average Bonchev–Trinajstić information content (AvgIpc) is 2.74. The van der Waals surface area contributed by atoms with Crippen LogP contribution in [0.5, 0.6) is 0 Å². The van der Waals surface area contributed by atoms with E-state index >= 15 is 0 Å². The molecule has 8 heteroatoms. The molecule has 0 atom stereocenters. The SMILES string of the molecule is CC(C)CN(C)S(=O)(=O)c1c(Cl)nc2sccn12. The minimum Gasteiger partial charge on any atom is -0.279 e. The van der Waals surface area contributed by atoms with Gasteiger partial charge in [0.2, 0.25) is 0 Å². The van der Waals surface area contributed by atoms with Gasteiger partial charge in [0.15, 0.2) is 15.1 Å². The molecule has 0 saturated carbocycles. The topological polar surface area (TPSA) is 54.7 Å². The lowest BCUT2D eigenvalue weighted by Crippen LogP contribution is -2.31. The Kier molecular flexibility index (Phi) is 3.68. The Labute approximate surface area is 115 Å². The van der Waals surface area contributed by atoms with E-state index < -0.39 is 10.0 Å². The van der Waals surface area contributed by atoms with Crippen molar-refractivity contribution in [3.63, 3.8) is 0 Å². The minimum atomic E-state index is -3.61. The Bertz CT molecular complexity index is 660. The normalized spacial score (nSPS) is 13.0. The van der Waals surface area contributed by atoms with Crippen molar-refractivity contribution < 1.29 is 8.42 Å². The molecule has 2 aromatic heterocycles. The van der Waals surface area contributed by atoms with E-state index in [1.165, 1.54) is 20.0 Å². The van der Waals surface area contributed by atoms with Gasteiger partial charge in [0.1, 0.15) is 0 Å². The molecular weight excluding hydrogens is 294 g/mol. The van der Waals surface area contributed by atoms with Crippen molar-refractivity contribution in [2.45, 2.75) is 18.9 Å². The van der Waals surface area contributed by atoms with E-state index in [0.29, 0.717) is 11.5 Å². The average molecular weight is 308 g/mol. The molecule has 0 amide bonds. The molecule has 0 radical (unpaired) electrons. The standard InChI is InChI=1S/C10H14ClN3O2S2/c1-7(2)6-13(3)18(15,16)9-8(11)12-10-14(9)4-5-17-10/h4-5,7H,6H2,1-3H3. The second-order valence-electron chi connectivity index (χ2n) is 4.44. The quantitative estimate of drug-likeness (QED) is 0.871. The molecule has 0 aliphatic rings. The summed E-state index contributed by atoms with van der Waals surface area (Å²) in [6.45, 7) is 4.37. The Morgan fingerprint density at radius 2 is 2.22 bits per heavy atom. The highest BCUT2D eigenvalue weighted by molar-refractivity contribution is 7.89. The van der Waals surface area contributed by atoms with E-state index in [9.17, 15) is 8.42 Å². The first-order chi connectivity index (χ1) is 8.34. The van der Waals surface area contributed by atoms with Gasteiger partial charge in [-0.05, 0) is 5.92 Å². The minimum absolute atomic E-state index is 0.0254. The lowest BCUT2D eigenvalue weighted by Gasteiger charge is -2.18. The summed E-state index contributed by atoms with van der Waals surface area (Å²) in [4.78, 5) is 4.62. The summed E-state index contributed by atoms with van der Waals surface area (Å²) in [5.74, 6) is 0.245. The largest absolute Gasteiger partial charge is 0.279 e. The first-order valence-electron chi connectivity index (χ1n) is 5.41. The molecule has 0 N–H and O–H groups in total. The third-order valence-electron chi connectivity index (χ3n) is 2.46. The Morgan fingerprint density at radius 1 is 1.56 bits per heavy atom. The highest BCUT2D eigenvalue weighted by atomic mass is 35.5. The highest BCUT2D eigenvalue weighted by Gasteiger charge is 2.29. The fraction of sp³-hybridized carbons (Fsp3) is 0.500. The lowest BCUT2D eigenvalue weighted by atomic mass is 10.2. The second kappa shape index (κ2) is 4.80. The zero-order valence-electron chi connectivity index (χ0n) is 10.3. The lowest BCUT2D eigenvalue weighted by molar-refractivity contribution is 0.415. The van der Waals surface area contributed by atoms with Gasteiger partial charge < -0.3 is 0 Å². The van der Waals surface area contributed by atoms with Gasteiger partial charge in [-0.15, -0.1) is 11.3 Å². The fourth-order valence-corrected chi connectivity index (χ4v) is 4.46. The van der Waals surface area contributed by atoms with Gasteiger partial charge in [0, 0.05) is 25.2 Å². The number of rotatable bonds is 4. The molecule has 0 fully saturated rings. The van der Waals surface area contributed by atoms with Crippen LogP contribution in [0.1, 0.15) is 13.8 Å². The number of thiazole rings is 1. The fourth-order valence-electron chi connectivity index (χ4n) is 1.73. The smallest absolute Gasteiger partial charge is 0.262 e. The third kappa shape index (κ3) is 2.27. The van der Waals surface area contributed by atoms with Crippen molar-refractivity contribution >= 4 is 37.9 Å². The van der Waals surface area contributed by atoms with E-state index in [1.807, 2.05) is 13.8 Å². The van der Waals surface area contributed by atoms with Crippen molar-refractivity contribution in [3.05, 3.63) is 16.7 Å². The summed E-state index contributed by atoms with van der Waals surface area (Å²) >= 11 is 7.29. The zero-order chi connectivity index (χ0) is 13.5. The van der Waals surface area contributed by atoms with Crippen LogP contribution in [0, 0.1) is 5.92 Å². The Morgan fingerprint density at radius 3 is 2.83 bits per heavy atom. The predicted molar refractivity (Wildman–Crippen MR) is 72.7 cm³/mol. The number of hydrogen-bond donors (Lipinski definition) is 0. The Hall–Kier alpha value is -0.630. The summed E-state index contributed by atoms with van der Waals surface area (Å²) in [5, 5.41) is 1.85. The van der Waals surface area contributed by atoms with E-state index in [4.69, 9.17) is 11.6 Å². The predicted octanol–water partition coefficient (Wildman–Crippen LogP) is 2.33. The number of hydrogen-bond acceptors (Lipinski definition) is 4. The highest BCUT2D eigenvalue weighted by Crippen LogP contribution is 2.27. The first kappa shape index (κ1) is 13.8. The van der Waals surface area contributed by atoms with Gasteiger partial charge >= 0.3 is 0 Å². The van der Waals surface area contributed by atoms with Gasteiger partial charge in [-0.2, -0.15) is 4.31 Å². The van der Waals surface area contributed by atoms with Crippen LogP contribution >= 0.6 is 22.9 Å². The molecule has 0 aromatic carbocycles. The van der Waals surface area contributed by atoms with E-state index in [-0.39, 0.29) is 16.1 Å². The van der Waals surface area contributed by atoms with Crippen LogP contribution in [0.15, 0.2) is 16.6 Å². The van der Waals surface area contributed by atoms with Crippen LogP contribution in [0.25, 0.3) is 4.96 Å². The monoisotopic (exact) mass is 307 g/mol. The van der Waals surface area contributed by atoms with Crippen LogP contribution in [-0.2, 0) is 10.0 Å². The van der Waals surface area contributed by atoms with Crippen molar-refractivity contribution in [2.24, 2.45) is 5.92 Å². The van der Waals surface area contributed by atoms with Gasteiger partial charge in [-0.1, -0.05) is 25.4 Å². The van der Waals surface area contributed by atoms with Gasteiger partial charge in [-0.3, -0.25) is 4.40 Å². The summed E-state index contributed by atoms with van der Waals surface area (Å²) in [6, 6.07) is 0. The molecule has 18 heavy (non-hydrogen) atoms. The molecular formula is C10H14ClN3O2S2. The number of fused-ring (bicyclic) bond motifs is 1. The molecule has 2 rings (SSSR count). The molecule has 0 aliphatic carbocycles. The van der Waals surface area contributed by atoms with Crippen molar-refractivity contribution in [3.8, 4) is 0 Å². The summed E-state index contributed by atoms with van der Waals surface area (Å²) < 4.78 is 27.7. The maximum Gasteiger partial charge on any atom is 0.262 e. The van der Waals surface area contributed by atoms with Crippen molar-refractivity contribution in [1.29, 1.82) is 0 Å². The van der Waals surface area contributed by atoms with Crippen LogP contribution in [0.4, 0.5) is 0 Å². The van der Waals surface area contributed by atoms with Crippen LogP contribution in [0.2, 0.25) is 5.15 Å². The van der Waals surface area contributed by atoms with E-state index in [0.717, 1.165) is 0 Å². The molecule has 2 aromatic rings. The molecule has 0 spiro atoms. The maximum atomic E-state index is 12.4. The van der Waals surface area contributed by atoms with Crippen LogP contribution < -0.4 is 0 Å². The number of sulfonamides is 1. The number of nitrogens with zero attached hydrogens (tertiary/aromatic N) is 3. The first-order valence-corrected chi connectivity index (χ1v) is 8.11. The molecule has 0 unspecified atom stereocenters. The van der Waals surface area contributed by atoms with E-state index in [1.54, 1.807) is 18.6 Å². The summed E-state index contributed by atoms with van der Waals surface area (Å²) in [7, 11) is -2.06. The molecule has 100 valence electrons. The van der Waals surface area contributed by atoms with Crippen molar-refractivity contribution in [2.75, 3.05) is 13.6 Å². The van der Waals surface area contributed by atoms with Crippen molar-refractivity contribution in [1.82, 2.24) is 13.7 Å². The van der Waals surface area contributed by atoms with Gasteiger partial charge in [0.25, 0.3) is 10.0 Å². The van der Waals surface area contributed by atoms with E-state index in [2.05, 4.69) is 4.98 Å². The maximum absolute atomic E-state index is 12.4. The van der Waals surface area contributed by atoms with Gasteiger partial charge in [-0.25, -0.2) is 13.4 Å². The molecule has 0 saturated heterocycles. The molecule has 0 bridgehead atoms. The zero-order valence-corrected chi connectivity index (χ0v) is 12.7. The molecule has 0 aliphatic heterocycles. The van der Waals surface area contributed by atoms with Gasteiger partial charge in [0.05, 0.1) is 0 Å². The Balaban J connectivity index is 2.52. The molecule has 5 nitrogen and oxygen atoms in total. The summed E-state index contributed by atoms with van der Waals surface area (Å²) in [6.07, 6.45) is 1.66. The number of imidazole rings is 1. The molecule has 2 heterocycles.